The van der Waals surface area contributed by atoms with Crippen molar-refractivity contribution >= 4 is 34.1 Å². The smallest absolute Gasteiger partial charge is 0.261 e. The first kappa shape index (κ1) is 14.4. The van der Waals surface area contributed by atoms with Gasteiger partial charge in [0, 0.05) is 19.7 Å². The Hall–Kier alpha value is -3.21. The molecule has 0 spiro atoms. The highest BCUT2D eigenvalue weighted by atomic mass is 16.2. The summed E-state index contributed by atoms with van der Waals surface area (Å²) in [6.07, 6.45) is 1.69. The van der Waals surface area contributed by atoms with E-state index in [0.29, 0.717) is 22.3 Å². The molecule has 0 fully saturated rings. The Balaban J connectivity index is 1.97. The van der Waals surface area contributed by atoms with Gasteiger partial charge in [-0.15, -0.1) is 0 Å². The molecule has 2 aromatic carbocycles. The van der Waals surface area contributed by atoms with Crippen LogP contribution in [0.25, 0.3) is 22.6 Å². The lowest BCUT2D eigenvalue weighted by molar-refractivity contribution is -0.112. The number of benzene rings is 2. The molecule has 0 aliphatic carbocycles. The minimum Gasteiger partial charge on any atom is -0.311 e. The molecule has 1 amide bonds. The highest BCUT2D eigenvalue weighted by molar-refractivity contribution is 6.35. The highest BCUT2D eigenvalue weighted by Gasteiger charge is 2.29. The van der Waals surface area contributed by atoms with Gasteiger partial charge in [0.2, 0.25) is 0 Å². The Morgan fingerprint density at radius 2 is 1.67 bits per heavy atom. The second kappa shape index (κ2) is 5.16. The Morgan fingerprint density at radius 3 is 2.50 bits per heavy atom. The topological polar surface area (TPSA) is 55.2 Å². The van der Waals surface area contributed by atoms with Gasteiger partial charge in [0.15, 0.2) is 0 Å². The number of likely N-dealkylation sites (N-methyl/N-ethyl adjacent to an activating group) is 1. The van der Waals surface area contributed by atoms with E-state index in [4.69, 9.17) is 0 Å². The molecule has 5 nitrogen and oxygen atoms in total. The zero-order chi connectivity index (χ0) is 16.8. The molecule has 4 rings (SSSR count). The van der Waals surface area contributed by atoms with Crippen molar-refractivity contribution in [1.29, 1.82) is 0 Å². The fourth-order valence-electron chi connectivity index (χ4n) is 3.03. The number of nitrogens with zero attached hydrogens (tertiary/aromatic N) is 3. The maximum Gasteiger partial charge on any atom is 0.261 e. The largest absolute Gasteiger partial charge is 0.311 e. The molecular weight excluding hydrogens is 302 g/mol. The summed E-state index contributed by atoms with van der Waals surface area (Å²) in [5, 5.41) is 0.567. The molecule has 1 aromatic heterocycles. The van der Waals surface area contributed by atoms with Crippen LogP contribution in [0.2, 0.25) is 0 Å². The van der Waals surface area contributed by atoms with E-state index in [1.165, 1.54) is 4.57 Å². The number of para-hydroxylation sites is 2. The van der Waals surface area contributed by atoms with E-state index in [1.54, 1.807) is 37.2 Å². The zero-order valence-corrected chi connectivity index (χ0v) is 13.4. The lowest BCUT2D eigenvalue weighted by atomic mass is 10.1. The van der Waals surface area contributed by atoms with Gasteiger partial charge in [-0.05, 0) is 24.3 Å². The van der Waals surface area contributed by atoms with Gasteiger partial charge < -0.3 is 4.90 Å². The summed E-state index contributed by atoms with van der Waals surface area (Å²) in [6, 6.07) is 14.8. The van der Waals surface area contributed by atoms with E-state index in [-0.39, 0.29) is 11.5 Å². The van der Waals surface area contributed by atoms with Gasteiger partial charge in [0.25, 0.3) is 11.5 Å². The van der Waals surface area contributed by atoms with Crippen LogP contribution in [0.3, 0.4) is 0 Å². The van der Waals surface area contributed by atoms with Crippen LogP contribution in [0.4, 0.5) is 5.69 Å². The minimum absolute atomic E-state index is 0.0985. The maximum absolute atomic E-state index is 12.6. The van der Waals surface area contributed by atoms with Crippen molar-refractivity contribution in [2.75, 3.05) is 11.9 Å². The second-order valence-electron chi connectivity index (χ2n) is 5.79. The van der Waals surface area contributed by atoms with E-state index >= 15 is 0 Å². The fraction of sp³-hybridized carbons (Fsp3) is 0.105. The van der Waals surface area contributed by atoms with Crippen molar-refractivity contribution in [1.82, 2.24) is 9.55 Å². The van der Waals surface area contributed by atoms with Crippen LogP contribution in [0, 0.1) is 0 Å². The van der Waals surface area contributed by atoms with Crippen LogP contribution < -0.4 is 10.5 Å². The number of carbonyl (C=O) groups excluding carboxylic acids is 1. The molecule has 118 valence electrons. The summed E-state index contributed by atoms with van der Waals surface area (Å²) in [6.45, 7) is 0. The van der Waals surface area contributed by atoms with Gasteiger partial charge >= 0.3 is 0 Å². The Labute approximate surface area is 138 Å². The van der Waals surface area contributed by atoms with Crippen LogP contribution in [0.5, 0.6) is 0 Å². The summed E-state index contributed by atoms with van der Waals surface area (Å²) in [7, 11) is 3.41. The molecule has 1 aliphatic heterocycles. The van der Waals surface area contributed by atoms with Crippen LogP contribution >= 0.6 is 0 Å². The number of carbonyl (C=O) groups is 1. The van der Waals surface area contributed by atoms with E-state index in [0.717, 1.165) is 11.3 Å². The van der Waals surface area contributed by atoms with Crippen molar-refractivity contribution in [2.45, 2.75) is 0 Å². The third-order valence-electron chi connectivity index (χ3n) is 4.38. The normalized spacial score (nSPS) is 15.3. The van der Waals surface area contributed by atoms with Gasteiger partial charge in [-0.25, -0.2) is 4.98 Å². The monoisotopic (exact) mass is 317 g/mol. The molecule has 0 bridgehead atoms. The predicted molar refractivity (Wildman–Crippen MR) is 94.7 cm³/mol. The van der Waals surface area contributed by atoms with E-state index < -0.39 is 0 Å². The molecule has 3 aromatic rings. The molecule has 0 radical (unpaired) electrons. The average Bonchev–Trinajstić information content (AvgIpc) is 2.85. The Kier molecular flexibility index (Phi) is 3.09. The van der Waals surface area contributed by atoms with Gasteiger partial charge in [-0.1, -0.05) is 30.3 Å². The number of rotatable bonds is 1. The van der Waals surface area contributed by atoms with E-state index in [1.807, 2.05) is 36.4 Å². The summed E-state index contributed by atoms with van der Waals surface area (Å²) in [5.74, 6) is 0.366. The number of hydrogen-bond acceptors (Lipinski definition) is 3. The first-order valence-electron chi connectivity index (χ1n) is 7.63. The van der Waals surface area contributed by atoms with Crippen LogP contribution in [0.15, 0.2) is 53.3 Å². The molecule has 0 unspecified atom stereocenters. The fourth-order valence-corrected chi connectivity index (χ4v) is 3.03. The van der Waals surface area contributed by atoms with Gasteiger partial charge in [-0.2, -0.15) is 0 Å². The number of anilines is 1. The Morgan fingerprint density at radius 1 is 0.958 bits per heavy atom. The SMILES string of the molecule is CN1C(=O)/C(=C/c2nc3ccccc3c(=O)n2C)c2ccccc21. The maximum atomic E-state index is 12.6. The molecule has 24 heavy (non-hydrogen) atoms. The van der Waals surface area contributed by atoms with Crippen LogP contribution in [0.1, 0.15) is 11.4 Å². The summed E-state index contributed by atoms with van der Waals surface area (Å²) in [5.41, 5.74) is 2.76. The summed E-state index contributed by atoms with van der Waals surface area (Å²) in [4.78, 5) is 31.2. The third kappa shape index (κ3) is 1.98. The molecule has 0 N–H and O–H groups in total. The van der Waals surface area contributed by atoms with Gasteiger partial charge in [0.1, 0.15) is 5.82 Å². The summed E-state index contributed by atoms with van der Waals surface area (Å²) >= 11 is 0. The average molecular weight is 317 g/mol. The van der Waals surface area contributed by atoms with Crippen molar-refractivity contribution in [3.63, 3.8) is 0 Å². The van der Waals surface area contributed by atoms with Crippen molar-refractivity contribution in [2.24, 2.45) is 7.05 Å². The lowest BCUT2D eigenvalue weighted by Crippen LogP contribution is -2.22. The first-order valence-corrected chi connectivity index (χ1v) is 7.63. The van der Waals surface area contributed by atoms with Crippen molar-refractivity contribution < 1.29 is 4.79 Å². The molecule has 0 saturated carbocycles. The highest BCUT2D eigenvalue weighted by Crippen LogP contribution is 2.36. The lowest BCUT2D eigenvalue weighted by Gasteiger charge is -2.08. The summed E-state index contributed by atoms with van der Waals surface area (Å²) < 4.78 is 1.48. The van der Waals surface area contributed by atoms with Gasteiger partial charge in [-0.3, -0.25) is 14.2 Å². The second-order valence-corrected chi connectivity index (χ2v) is 5.79. The molecule has 1 aliphatic rings. The van der Waals surface area contributed by atoms with E-state index in [2.05, 4.69) is 4.98 Å². The van der Waals surface area contributed by atoms with E-state index in [9.17, 15) is 9.59 Å². The van der Waals surface area contributed by atoms with Crippen LogP contribution in [-0.2, 0) is 11.8 Å². The Bertz CT molecular complexity index is 1080. The van der Waals surface area contributed by atoms with Crippen LogP contribution in [-0.4, -0.2) is 22.5 Å². The third-order valence-corrected chi connectivity index (χ3v) is 4.38. The molecule has 5 heteroatoms. The quantitative estimate of drug-likeness (QED) is 0.648. The minimum atomic E-state index is -0.125. The standard InChI is InChI=1S/C19H15N3O2/c1-21-16-10-6-4-7-12(16)14(19(21)24)11-17-20-15-9-5-3-8-13(15)18(23)22(17)2/h3-11H,1-2H3/b14-11+. The van der Waals surface area contributed by atoms with Crippen molar-refractivity contribution in [3.05, 3.63) is 70.3 Å². The molecular formula is C19H15N3O2. The first-order chi connectivity index (χ1) is 11.6. The predicted octanol–water partition coefficient (Wildman–Crippen LogP) is 2.45. The molecule has 2 heterocycles. The number of hydrogen-bond donors (Lipinski definition) is 0. The number of amides is 1. The zero-order valence-electron chi connectivity index (χ0n) is 13.4. The molecule has 0 atom stereocenters. The molecule has 0 saturated heterocycles. The number of aromatic nitrogens is 2. The van der Waals surface area contributed by atoms with Gasteiger partial charge in [0.05, 0.1) is 22.2 Å². The number of fused-ring (bicyclic) bond motifs is 2. The van der Waals surface area contributed by atoms with Crippen molar-refractivity contribution in [3.8, 4) is 0 Å².